The van der Waals surface area contributed by atoms with Crippen LogP contribution in [0.5, 0.6) is 0 Å². The molecule has 1 atom stereocenters. The average Bonchev–Trinajstić information content (AvgIpc) is 2.25. The number of aliphatic carboxylic acids is 1. The van der Waals surface area contributed by atoms with E-state index in [0.717, 1.165) is 0 Å². The van der Waals surface area contributed by atoms with E-state index in [1.54, 1.807) is 6.92 Å². The summed E-state index contributed by atoms with van der Waals surface area (Å²) in [6.45, 7) is 4.97. The van der Waals surface area contributed by atoms with E-state index < -0.39 is 30.5 Å². The van der Waals surface area contributed by atoms with Gasteiger partial charge < -0.3 is 19.9 Å². The molecule has 0 aliphatic rings. The van der Waals surface area contributed by atoms with Gasteiger partial charge in [-0.25, -0.2) is 9.59 Å². The van der Waals surface area contributed by atoms with Crippen molar-refractivity contribution in [1.29, 1.82) is 0 Å². The fourth-order valence-electron chi connectivity index (χ4n) is 0.929. The number of amides is 1. The van der Waals surface area contributed by atoms with Crippen LogP contribution in [-0.4, -0.2) is 42.4 Å². The highest BCUT2D eigenvalue weighted by Crippen LogP contribution is 1.97. The first-order valence-corrected chi connectivity index (χ1v) is 4.93. The van der Waals surface area contributed by atoms with Crippen LogP contribution >= 0.6 is 0 Å². The first-order chi connectivity index (χ1) is 8.01. The van der Waals surface area contributed by atoms with Gasteiger partial charge in [-0.15, -0.1) is 0 Å². The lowest BCUT2D eigenvalue weighted by Gasteiger charge is -2.14. The highest BCUT2D eigenvalue weighted by molar-refractivity contribution is 5.85. The van der Waals surface area contributed by atoms with Crippen molar-refractivity contribution in [2.45, 2.75) is 19.4 Å². The fourth-order valence-corrected chi connectivity index (χ4v) is 0.929. The number of rotatable bonds is 7. The molecule has 0 radical (unpaired) electrons. The second kappa shape index (κ2) is 8.14. The van der Waals surface area contributed by atoms with Crippen LogP contribution in [0.2, 0.25) is 0 Å². The number of hydrogen-bond acceptors (Lipinski definition) is 5. The van der Waals surface area contributed by atoms with E-state index in [1.165, 1.54) is 6.08 Å². The third-order valence-electron chi connectivity index (χ3n) is 1.57. The normalized spacial score (nSPS) is 11.1. The third kappa shape index (κ3) is 6.93. The maximum atomic E-state index is 11.3. The van der Waals surface area contributed by atoms with Crippen LogP contribution in [0, 0.1) is 0 Å². The predicted octanol–water partition coefficient (Wildman–Crippen LogP) is 0.305. The Morgan fingerprint density at radius 1 is 1.41 bits per heavy atom. The molecule has 0 aromatic rings. The zero-order valence-corrected chi connectivity index (χ0v) is 9.47. The molecule has 0 rings (SSSR count). The molecule has 7 nitrogen and oxygen atoms in total. The summed E-state index contributed by atoms with van der Waals surface area (Å²) in [7, 11) is 0. The quantitative estimate of drug-likeness (QED) is 0.494. The molecule has 0 aliphatic heterocycles. The van der Waals surface area contributed by atoms with E-state index in [1.807, 2.05) is 0 Å². The Bertz CT molecular complexity index is 301. The first kappa shape index (κ1) is 14.9. The molecular formula is C10H15NO6. The van der Waals surface area contributed by atoms with Gasteiger partial charge in [0.25, 0.3) is 0 Å². The number of carboxylic acids is 1. The molecule has 0 saturated heterocycles. The van der Waals surface area contributed by atoms with E-state index in [9.17, 15) is 14.4 Å². The fraction of sp³-hybridized carbons (Fsp3) is 0.500. The van der Waals surface area contributed by atoms with Gasteiger partial charge in [-0.1, -0.05) is 12.7 Å². The lowest BCUT2D eigenvalue weighted by atomic mass is 10.2. The van der Waals surface area contributed by atoms with Crippen molar-refractivity contribution in [1.82, 2.24) is 5.32 Å². The molecular weight excluding hydrogens is 230 g/mol. The smallest absolute Gasteiger partial charge is 0.408 e. The Morgan fingerprint density at radius 2 is 2.06 bits per heavy atom. The van der Waals surface area contributed by atoms with Crippen LogP contribution in [0.15, 0.2) is 12.7 Å². The number of carbonyl (C=O) groups is 3. The molecule has 17 heavy (non-hydrogen) atoms. The van der Waals surface area contributed by atoms with E-state index in [2.05, 4.69) is 21.4 Å². The van der Waals surface area contributed by atoms with Gasteiger partial charge >= 0.3 is 18.0 Å². The van der Waals surface area contributed by atoms with Gasteiger partial charge in [-0.3, -0.25) is 4.79 Å². The molecule has 1 unspecified atom stereocenters. The van der Waals surface area contributed by atoms with Crippen LogP contribution in [0.4, 0.5) is 4.79 Å². The number of alkyl carbamates (subject to hydrolysis) is 1. The van der Waals surface area contributed by atoms with Crippen molar-refractivity contribution >= 4 is 18.0 Å². The molecule has 0 aromatic carbocycles. The van der Waals surface area contributed by atoms with Gasteiger partial charge in [-0.05, 0) is 6.92 Å². The van der Waals surface area contributed by atoms with Crippen molar-refractivity contribution in [3.05, 3.63) is 12.7 Å². The molecule has 0 aromatic heterocycles. The third-order valence-corrected chi connectivity index (χ3v) is 1.57. The minimum atomic E-state index is -1.26. The minimum Gasteiger partial charge on any atom is -0.481 e. The highest BCUT2D eigenvalue weighted by Gasteiger charge is 2.25. The maximum Gasteiger partial charge on any atom is 0.408 e. The second-order valence-corrected chi connectivity index (χ2v) is 2.93. The SMILES string of the molecule is C=CCOC(=O)NC(CC(=O)O)C(=O)OCC. The standard InChI is InChI=1S/C10H15NO6/c1-3-5-17-10(15)11-7(6-8(12)13)9(14)16-4-2/h3,7H,1,4-6H2,2H3,(H,11,15)(H,12,13). The summed E-state index contributed by atoms with van der Waals surface area (Å²) in [5, 5.41) is 10.7. The Kier molecular flexibility index (Phi) is 7.16. The van der Waals surface area contributed by atoms with Gasteiger partial charge in [0.05, 0.1) is 13.0 Å². The topological polar surface area (TPSA) is 102 Å². The van der Waals surface area contributed by atoms with Gasteiger partial charge in [0, 0.05) is 0 Å². The van der Waals surface area contributed by atoms with Crippen molar-refractivity contribution in [3.8, 4) is 0 Å². The predicted molar refractivity (Wildman–Crippen MR) is 57.4 cm³/mol. The Hall–Kier alpha value is -2.05. The molecule has 0 heterocycles. The van der Waals surface area contributed by atoms with Crippen LogP contribution in [0.1, 0.15) is 13.3 Å². The Balaban J connectivity index is 4.36. The summed E-state index contributed by atoms with van der Waals surface area (Å²) in [6.07, 6.45) is -0.123. The Labute approximate surface area is 98.4 Å². The molecule has 0 bridgehead atoms. The number of hydrogen-bond donors (Lipinski definition) is 2. The molecule has 96 valence electrons. The monoisotopic (exact) mass is 245 g/mol. The average molecular weight is 245 g/mol. The van der Waals surface area contributed by atoms with Crippen molar-refractivity contribution < 1.29 is 29.0 Å². The number of carbonyl (C=O) groups excluding carboxylic acids is 2. The first-order valence-electron chi connectivity index (χ1n) is 4.93. The number of ether oxygens (including phenoxy) is 2. The lowest BCUT2D eigenvalue weighted by molar-refractivity contribution is -0.149. The second-order valence-electron chi connectivity index (χ2n) is 2.93. The molecule has 0 spiro atoms. The summed E-state index contributed by atoms with van der Waals surface area (Å²) in [5.41, 5.74) is 0. The highest BCUT2D eigenvalue weighted by atomic mass is 16.6. The Morgan fingerprint density at radius 3 is 2.53 bits per heavy atom. The van der Waals surface area contributed by atoms with Gasteiger partial charge in [0.2, 0.25) is 0 Å². The molecule has 0 saturated carbocycles. The molecule has 0 aliphatic carbocycles. The van der Waals surface area contributed by atoms with Crippen molar-refractivity contribution in [2.24, 2.45) is 0 Å². The number of carboxylic acid groups (broad SMARTS) is 1. The summed E-state index contributed by atoms with van der Waals surface area (Å²) < 4.78 is 9.18. The zero-order valence-electron chi connectivity index (χ0n) is 9.47. The van der Waals surface area contributed by atoms with Crippen molar-refractivity contribution in [3.63, 3.8) is 0 Å². The van der Waals surface area contributed by atoms with Crippen molar-refractivity contribution in [2.75, 3.05) is 13.2 Å². The van der Waals surface area contributed by atoms with Gasteiger partial charge in [0.1, 0.15) is 12.6 Å². The molecule has 2 N–H and O–H groups in total. The zero-order chi connectivity index (χ0) is 13.3. The largest absolute Gasteiger partial charge is 0.481 e. The summed E-state index contributed by atoms with van der Waals surface area (Å²) in [4.78, 5) is 32.9. The van der Waals surface area contributed by atoms with E-state index in [4.69, 9.17) is 5.11 Å². The number of esters is 1. The van der Waals surface area contributed by atoms with E-state index >= 15 is 0 Å². The number of nitrogens with one attached hydrogen (secondary N) is 1. The van der Waals surface area contributed by atoms with Crippen LogP contribution in [0.3, 0.4) is 0 Å². The van der Waals surface area contributed by atoms with E-state index in [-0.39, 0.29) is 13.2 Å². The van der Waals surface area contributed by atoms with Crippen LogP contribution in [-0.2, 0) is 19.1 Å². The van der Waals surface area contributed by atoms with Gasteiger partial charge in [0.15, 0.2) is 0 Å². The minimum absolute atomic E-state index is 0.0333. The lowest BCUT2D eigenvalue weighted by Crippen LogP contribution is -2.43. The van der Waals surface area contributed by atoms with Crippen LogP contribution < -0.4 is 5.32 Å². The van der Waals surface area contributed by atoms with Crippen LogP contribution in [0.25, 0.3) is 0 Å². The summed E-state index contributed by atoms with van der Waals surface area (Å²) in [6, 6.07) is -1.26. The molecule has 0 fully saturated rings. The molecule has 1 amide bonds. The van der Waals surface area contributed by atoms with Gasteiger partial charge in [-0.2, -0.15) is 0 Å². The molecule has 7 heteroatoms. The van der Waals surface area contributed by atoms with E-state index in [0.29, 0.717) is 0 Å². The summed E-state index contributed by atoms with van der Waals surface area (Å²) >= 11 is 0. The maximum absolute atomic E-state index is 11.3. The summed E-state index contributed by atoms with van der Waals surface area (Å²) in [5.74, 6) is -2.04.